The van der Waals surface area contributed by atoms with E-state index in [0.29, 0.717) is 9.89 Å². The number of nitrogens with zero attached hydrogens (tertiary/aromatic N) is 2. The standard InChI is InChI=1S/C20H29BrFN3O2/c1-20(2,3)7-9-24-10-12-25(13-11-24)18(26)6-8-23-19(27)16-14-15(22)4-5-17(16)21/h4-5,14H,6-13H2,1-3H3,(H,23,27). The maximum Gasteiger partial charge on any atom is 0.252 e. The first-order valence-corrected chi connectivity index (χ1v) is 10.2. The predicted molar refractivity (Wildman–Crippen MR) is 108 cm³/mol. The summed E-state index contributed by atoms with van der Waals surface area (Å²) < 4.78 is 13.8. The second-order valence-electron chi connectivity index (χ2n) is 8.16. The van der Waals surface area contributed by atoms with E-state index >= 15 is 0 Å². The molecule has 0 aliphatic carbocycles. The van der Waals surface area contributed by atoms with Crippen LogP contribution in [0.15, 0.2) is 22.7 Å². The summed E-state index contributed by atoms with van der Waals surface area (Å²) in [6.45, 7) is 11.3. The van der Waals surface area contributed by atoms with Crippen molar-refractivity contribution in [2.75, 3.05) is 39.3 Å². The molecule has 1 heterocycles. The molecule has 7 heteroatoms. The van der Waals surface area contributed by atoms with Gasteiger partial charge in [0.2, 0.25) is 5.91 Å². The van der Waals surface area contributed by atoms with Crippen LogP contribution in [0.3, 0.4) is 0 Å². The van der Waals surface area contributed by atoms with E-state index in [4.69, 9.17) is 0 Å². The van der Waals surface area contributed by atoms with Crippen molar-refractivity contribution in [3.8, 4) is 0 Å². The third-order valence-electron chi connectivity index (χ3n) is 4.70. The van der Waals surface area contributed by atoms with Crippen molar-refractivity contribution >= 4 is 27.7 Å². The molecule has 1 fully saturated rings. The van der Waals surface area contributed by atoms with Crippen molar-refractivity contribution in [1.29, 1.82) is 0 Å². The molecule has 0 spiro atoms. The Kier molecular flexibility index (Phi) is 7.79. The summed E-state index contributed by atoms with van der Waals surface area (Å²) in [4.78, 5) is 28.7. The van der Waals surface area contributed by atoms with Gasteiger partial charge in [-0.3, -0.25) is 14.5 Å². The van der Waals surface area contributed by atoms with Gasteiger partial charge in [-0.2, -0.15) is 0 Å². The lowest BCUT2D eigenvalue weighted by molar-refractivity contribution is -0.132. The molecule has 1 saturated heterocycles. The van der Waals surface area contributed by atoms with Crippen LogP contribution in [0.1, 0.15) is 44.0 Å². The maximum atomic E-state index is 13.3. The highest BCUT2D eigenvalue weighted by Gasteiger charge is 2.22. The highest BCUT2D eigenvalue weighted by atomic mass is 79.9. The number of nitrogens with one attached hydrogen (secondary N) is 1. The van der Waals surface area contributed by atoms with Crippen molar-refractivity contribution in [2.24, 2.45) is 5.41 Å². The lowest BCUT2D eigenvalue weighted by atomic mass is 9.92. The van der Waals surface area contributed by atoms with E-state index in [1.165, 1.54) is 18.2 Å². The highest BCUT2D eigenvalue weighted by Crippen LogP contribution is 2.19. The molecule has 150 valence electrons. The van der Waals surface area contributed by atoms with Gasteiger partial charge in [0.05, 0.1) is 5.56 Å². The summed E-state index contributed by atoms with van der Waals surface area (Å²) in [5.74, 6) is -0.811. The number of piperazine rings is 1. The van der Waals surface area contributed by atoms with E-state index in [2.05, 4.69) is 46.9 Å². The molecule has 0 bridgehead atoms. The summed E-state index contributed by atoms with van der Waals surface area (Å²) in [5.41, 5.74) is 0.553. The van der Waals surface area contributed by atoms with Gasteiger partial charge in [0.1, 0.15) is 5.82 Å². The van der Waals surface area contributed by atoms with Crippen LogP contribution >= 0.6 is 15.9 Å². The van der Waals surface area contributed by atoms with E-state index in [1.807, 2.05) is 4.90 Å². The lowest BCUT2D eigenvalue weighted by Gasteiger charge is -2.36. The van der Waals surface area contributed by atoms with E-state index in [1.54, 1.807) is 0 Å². The van der Waals surface area contributed by atoms with Gasteiger partial charge in [0.25, 0.3) is 5.91 Å². The molecule has 1 aliphatic heterocycles. The molecule has 27 heavy (non-hydrogen) atoms. The molecular formula is C20H29BrFN3O2. The lowest BCUT2D eigenvalue weighted by Crippen LogP contribution is -2.49. The minimum absolute atomic E-state index is 0.0454. The van der Waals surface area contributed by atoms with Gasteiger partial charge < -0.3 is 10.2 Å². The molecule has 0 aromatic heterocycles. The number of amides is 2. The van der Waals surface area contributed by atoms with Gasteiger partial charge >= 0.3 is 0 Å². The first kappa shape index (κ1) is 21.8. The van der Waals surface area contributed by atoms with Crippen LogP contribution in [0.2, 0.25) is 0 Å². The van der Waals surface area contributed by atoms with Gasteiger partial charge in [0.15, 0.2) is 0 Å². The molecule has 0 unspecified atom stereocenters. The molecular weight excluding hydrogens is 413 g/mol. The largest absolute Gasteiger partial charge is 0.351 e. The van der Waals surface area contributed by atoms with Crippen molar-refractivity contribution in [1.82, 2.24) is 15.1 Å². The van der Waals surface area contributed by atoms with Crippen molar-refractivity contribution in [2.45, 2.75) is 33.6 Å². The number of halogens is 2. The second-order valence-corrected chi connectivity index (χ2v) is 9.02. The Balaban J connectivity index is 1.71. The van der Waals surface area contributed by atoms with Crippen LogP contribution in [-0.2, 0) is 4.79 Å². The van der Waals surface area contributed by atoms with Gasteiger partial charge in [-0.25, -0.2) is 4.39 Å². The first-order chi connectivity index (χ1) is 12.7. The third-order valence-corrected chi connectivity index (χ3v) is 5.39. The summed E-state index contributed by atoms with van der Waals surface area (Å²) in [5, 5.41) is 2.69. The molecule has 1 aliphatic rings. The maximum absolute atomic E-state index is 13.3. The Labute approximate surface area is 169 Å². The van der Waals surface area contributed by atoms with Gasteiger partial charge in [0, 0.05) is 43.6 Å². The quantitative estimate of drug-likeness (QED) is 0.736. The molecule has 0 atom stereocenters. The minimum Gasteiger partial charge on any atom is -0.351 e. The van der Waals surface area contributed by atoms with Gasteiger partial charge in [-0.05, 0) is 52.5 Å². The zero-order valence-electron chi connectivity index (χ0n) is 16.4. The van der Waals surface area contributed by atoms with E-state index in [9.17, 15) is 14.0 Å². The fourth-order valence-electron chi connectivity index (χ4n) is 2.92. The summed E-state index contributed by atoms with van der Waals surface area (Å²) in [7, 11) is 0. The predicted octanol–water partition coefficient (Wildman–Crippen LogP) is 3.29. The third kappa shape index (κ3) is 7.22. The summed E-state index contributed by atoms with van der Waals surface area (Å²) >= 11 is 3.24. The van der Waals surface area contributed by atoms with Crippen LogP contribution in [0.5, 0.6) is 0 Å². The molecule has 2 rings (SSSR count). The summed E-state index contributed by atoms with van der Waals surface area (Å²) in [6, 6.07) is 3.96. The number of hydrogen-bond donors (Lipinski definition) is 1. The van der Waals surface area contributed by atoms with Gasteiger partial charge in [-0.15, -0.1) is 0 Å². The van der Waals surface area contributed by atoms with Crippen molar-refractivity contribution in [3.05, 3.63) is 34.1 Å². The average Bonchev–Trinajstić information content (AvgIpc) is 2.61. The Hall–Kier alpha value is -1.47. The zero-order chi connectivity index (χ0) is 20.0. The second kappa shape index (κ2) is 9.64. The number of rotatable bonds is 6. The first-order valence-electron chi connectivity index (χ1n) is 9.39. The van der Waals surface area contributed by atoms with Crippen LogP contribution in [0, 0.1) is 11.2 Å². The molecule has 1 aromatic carbocycles. The molecule has 1 N–H and O–H groups in total. The number of carbonyl (C=O) groups excluding carboxylic acids is 2. The molecule has 0 saturated carbocycles. The average molecular weight is 442 g/mol. The number of benzene rings is 1. The smallest absolute Gasteiger partial charge is 0.252 e. The monoisotopic (exact) mass is 441 g/mol. The van der Waals surface area contributed by atoms with Crippen LogP contribution in [0.4, 0.5) is 4.39 Å². The number of carbonyl (C=O) groups is 2. The number of hydrogen-bond acceptors (Lipinski definition) is 3. The Morgan fingerprint density at radius 3 is 2.48 bits per heavy atom. The fraction of sp³-hybridized carbons (Fsp3) is 0.600. The van der Waals surface area contributed by atoms with Crippen LogP contribution < -0.4 is 5.32 Å². The van der Waals surface area contributed by atoms with Crippen molar-refractivity contribution in [3.63, 3.8) is 0 Å². The summed E-state index contributed by atoms with van der Waals surface area (Å²) in [6.07, 6.45) is 1.39. The molecule has 0 radical (unpaired) electrons. The van der Waals surface area contributed by atoms with E-state index < -0.39 is 5.82 Å². The van der Waals surface area contributed by atoms with Crippen molar-refractivity contribution < 1.29 is 14.0 Å². The molecule has 2 amide bonds. The van der Waals surface area contributed by atoms with E-state index in [-0.39, 0.29) is 30.3 Å². The Morgan fingerprint density at radius 2 is 1.85 bits per heavy atom. The van der Waals surface area contributed by atoms with Gasteiger partial charge in [-0.1, -0.05) is 20.8 Å². The Bertz CT molecular complexity index is 668. The van der Waals surface area contributed by atoms with E-state index in [0.717, 1.165) is 39.1 Å². The van der Waals surface area contributed by atoms with Crippen LogP contribution in [-0.4, -0.2) is 60.9 Å². The van der Waals surface area contributed by atoms with Crippen LogP contribution in [0.25, 0.3) is 0 Å². The SMILES string of the molecule is CC(C)(C)CCN1CCN(C(=O)CCNC(=O)c2cc(F)ccc2Br)CC1. The minimum atomic E-state index is -0.469. The molecule has 1 aromatic rings. The Morgan fingerprint density at radius 1 is 1.19 bits per heavy atom. The highest BCUT2D eigenvalue weighted by molar-refractivity contribution is 9.10. The molecule has 5 nitrogen and oxygen atoms in total. The fourth-order valence-corrected chi connectivity index (χ4v) is 3.35. The topological polar surface area (TPSA) is 52.6 Å². The zero-order valence-corrected chi connectivity index (χ0v) is 17.9. The normalized spacial score (nSPS) is 15.7.